The van der Waals surface area contributed by atoms with Crippen molar-refractivity contribution in [3.63, 3.8) is 0 Å². The van der Waals surface area contributed by atoms with Gasteiger partial charge >= 0.3 is 11.9 Å². The Bertz CT molecular complexity index is 1180. The summed E-state index contributed by atoms with van der Waals surface area (Å²) in [5.41, 5.74) is 1.21. The van der Waals surface area contributed by atoms with Crippen LogP contribution in [0.15, 0.2) is 66.7 Å². The van der Waals surface area contributed by atoms with Crippen molar-refractivity contribution in [2.75, 3.05) is 5.32 Å². The van der Waals surface area contributed by atoms with Crippen LogP contribution in [-0.2, 0) is 5.41 Å². The highest BCUT2D eigenvalue weighted by Gasteiger charge is 2.18. The van der Waals surface area contributed by atoms with Crippen LogP contribution in [0.4, 0.5) is 5.69 Å². The summed E-state index contributed by atoms with van der Waals surface area (Å²) in [4.78, 5) is 35.4. The minimum atomic E-state index is -1.38. The lowest BCUT2D eigenvalue weighted by molar-refractivity contribution is 0.0651. The highest BCUT2D eigenvalue weighted by atomic mass is 16.5. The highest BCUT2D eigenvalue weighted by molar-refractivity contribution is 6.05. The maximum absolute atomic E-state index is 12.7. The van der Waals surface area contributed by atoms with Crippen molar-refractivity contribution in [2.45, 2.75) is 26.2 Å². The van der Waals surface area contributed by atoms with E-state index in [1.165, 1.54) is 12.1 Å². The van der Waals surface area contributed by atoms with E-state index in [2.05, 4.69) is 26.1 Å². The topological polar surface area (TPSA) is 113 Å². The van der Waals surface area contributed by atoms with Crippen LogP contribution < -0.4 is 10.1 Å². The average Bonchev–Trinajstić information content (AvgIpc) is 2.74. The Labute approximate surface area is 185 Å². The molecule has 0 spiro atoms. The number of hydrogen-bond acceptors (Lipinski definition) is 4. The molecule has 164 valence electrons. The number of anilines is 1. The zero-order valence-corrected chi connectivity index (χ0v) is 17.9. The van der Waals surface area contributed by atoms with Crippen molar-refractivity contribution >= 4 is 23.5 Å². The Morgan fingerprint density at radius 1 is 0.812 bits per heavy atom. The third-order valence-corrected chi connectivity index (χ3v) is 4.83. The van der Waals surface area contributed by atoms with Crippen molar-refractivity contribution in [1.29, 1.82) is 0 Å². The van der Waals surface area contributed by atoms with Gasteiger partial charge in [-0.05, 0) is 53.4 Å². The Morgan fingerprint density at radius 3 is 2.03 bits per heavy atom. The van der Waals surface area contributed by atoms with E-state index in [-0.39, 0.29) is 28.4 Å². The number of amides is 1. The lowest BCUT2D eigenvalue weighted by Crippen LogP contribution is -2.14. The fraction of sp³-hybridized carbons (Fsp3) is 0.160. The molecule has 7 heteroatoms. The molecule has 0 atom stereocenters. The van der Waals surface area contributed by atoms with Gasteiger partial charge in [0.05, 0.1) is 16.8 Å². The fourth-order valence-electron chi connectivity index (χ4n) is 3.05. The second-order valence-electron chi connectivity index (χ2n) is 8.20. The molecular weight excluding hydrogens is 410 g/mol. The minimum absolute atomic E-state index is 0.0273. The number of rotatable bonds is 6. The van der Waals surface area contributed by atoms with Crippen LogP contribution in [0.5, 0.6) is 11.5 Å². The van der Waals surface area contributed by atoms with E-state index in [9.17, 15) is 19.5 Å². The molecule has 0 heterocycles. The van der Waals surface area contributed by atoms with Crippen molar-refractivity contribution in [3.05, 3.63) is 89.0 Å². The van der Waals surface area contributed by atoms with E-state index < -0.39 is 17.5 Å². The van der Waals surface area contributed by atoms with Gasteiger partial charge in [-0.15, -0.1) is 0 Å². The van der Waals surface area contributed by atoms with Crippen molar-refractivity contribution < 1.29 is 29.3 Å². The van der Waals surface area contributed by atoms with E-state index in [1.54, 1.807) is 36.4 Å². The number of para-hydroxylation sites is 2. The average molecular weight is 433 g/mol. The smallest absolute Gasteiger partial charge is 0.336 e. The quantitative estimate of drug-likeness (QED) is 0.478. The van der Waals surface area contributed by atoms with Crippen LogP contribution in [0.3, 0.4) is 0 Å². The van der Waals surface area contributed by atoms with E-state index in [0.29, 0.717) is 11.3 Å². The lowest BCUT2D eigenvalue weighted by Gasteiger charge is -2.19. The maximum Gasteiger partial charge on any atom is 0.336 e. The summed E-state index contributed by atoms with van der Waals surface area (Å²) in [6, 6.07) is 17.7. The van der Waals surface area contributed by atoms with Gasteiger partial charge < -0.3 is 20.3 Å². The van der Waals surface area contributed by atoms with Crippen LogP contribution in [0.2, 0.25) is 0 Å². The monoisotopic (exact) mass is 433 g/mol. The number of ether oxygens (including phenoxy) is 1. The van der Waals surface area contributed by atoms with Gasteiger partial charge in [-0.3, -0.25) is 4.79 Å². The normalized spacial score (nSPS) is 11.0. The molecule has 0 aliphatic rings. The fourth-order valence-corrected chi connectivity index (χ4v) is 3.05. The van der Waals surface area contributed by atoms with E-state index in [0.717, 1.165) is 11.6 Å². The Morgan fingerprint density at radius 2 is 1.44 bits per heavy atom. The highest BCUT2D eigenvalue weighted by Crippen LogP contribution is 2.31. The largest absolute Gasteiger partial charge is 0.478 e. The summed E-state index contributed by atoms with van der Waals surface area (Å²) in [6.45, 7) is 6.28. The zero-order valence-electron chi connectivity index (χ0n) is 17.9. The van der Waals surface area contributed by atoms with E-state index >= 15 is 0 Å². The van der Waals surface area contributed by atoms with Gasteiger partial charge in [-0.1, -0.05) is 45.0 Å². The molecule has 3 rings (SSSR count). The molecular formula is C25H23NO6. The predicted octanol–water partition coefficient (Wildman–Crippen LogP) is 5.43. The lowest BCUT2D eigenvalue weighted by atomic mass is 9.87. The summed E-state index contributed by atoms with van der Waals surface area (Å²) in [5.74, 6) is -2.64. The SMILES string of the molecule is CC(C)(C)c1ccc(C(=O)Nc2ccccc2Oc2ccc(C(=O)O)c(C(=O)O)c2)cc1. The number of carboxylic acid groups (broad SMARTS) is 2. The molecule has 0 radical (unpaired) electrons. The molecule has 32 heavy (non-hydrogen) atoms. The molecule has 0 fully saturated rings. The Kier molecular flexibility index (Phi) is 6.30. The van der Waals surface area contributed by atoms with Gasteiger partial charge in [0.2, 0.25) is 0 Å². The molecule has 0 saturated heterocycles. The number of carboxylic acids is 2. The molecule has 0 aliphatic carbocycles. The first-order valence-electron chi connectivity index (χ1n) is 9.85. The number of hydrogen-bond donors (Lipinski definition) is 3. The number of carbonyl (C=O) groups excluding carboxylic acids is 1. The van der Waals surface area contributed by atoms with Gasteiger partial charge in [0, 0.05) is 5.56 Å². The van der Waals surface area contributed by atoms with Crippen molar-refractivity contribution in [1.82, 2.24) is 0 Å². The maximum atomic E-state index is 12.7. The Hall–Kier alpha value is -4.13. The summed E-state index contributed by atoms with van der Waals surface area (Å²) >= 11 is 0. The standard InChI is InChI=1S/C25H23NO6/c1-25(2,3)16-10-8-15(9-11-16)22(27)26-20-6-4-5-7-21(20)32-17-12-13-18(23(28)29)19(14-17)24(30)31/h4-14H,1-3H3,(H,26,27)(H,28,29)(H,30,31). The van der Waals surface area contributed by atoms with Crippen LogP contribution in [0.25, 0.3) is 0 Å². The molecule has 0 unspecified atom stereocenters. The second-order valence-corrected chi connectivity index (χ2v) is 8.20. The molecule has 0 aromatic heterocycles. The molecule has 0 aliphatic heterocycles. The van der Waals surface area contributed by atoms with E-state index in [1.807, 2.05) is 12.1 Å². The van der Waals surface area contributed by atoms with Gasteiger partial charge in [0.1, 0.15) is 5.75 Å². The summed E-state index contributed by atoms with van der Waals surface area (Å²) < 4.78 is 5.76. The first-order chi connectivity index (χ1) is 15.1. The predicted molar refractivity (Wildman–Crippen MR) is 120 cm³/mol. The molecule has 7 nitrogen and oxygen atoms in total. The zero-order chi connectivity index (χ0) is 23.5. The first kappa shape index (κ1) is 22.6. The van der Waals surface area contributed by atoms with Gasteiger partial charge in [0.15, 0.2) is 5.75 Å². The van der Waals surface area contributed by atoms with Gasteiger partial charge in [0.25, 0.3) is 5.91 Å². The minimum Gasteiger partial charge on any atom is -0.478 e. The molecule has 1 amide bonds. The number of aromatic carboxylic acids is 2. The number of benzene rings is 3. The molecule has 0 saturated carbocycles. The van der Waals surface area contributed by atoms with Gasteiger partial charge in [-0.2, -0.15) is 0 Å². The van der Waals surface area contributed by atoms with Crippen LogP contribution in [0.1, 0.15) is 57.4 Å². The van der Waals surface area contributed by atoms with Crippen LogP contribution >= 0.6 is 0 Å². The summed E-state index contributed by atoms with van der Waals surface area (Å²) in [7, 11) is 0. The van der Waals surface area contributed by atoms with Crippen molar-refractivity contribution in [3.8, 4) is 11.5 Å². The third kappa shape index (κ3) is 5.13. The molecule has 0 bridgehead atoms. The molecule has 3 aromatic rings. The Balaban J connectivity index is 1.84. The summed E-state index contributed by atoms with van der Waals surface area (Å²) in [6.07, 6.45) is 0. The van der Waals surface area contributed by atoms with Gasteiger partial charge in [-0.25, -0.2) is 9.59 Å². The van der Waals surface area contributed by atoms with Crippen LogP contribution in [-0.4, -0.2) is 28.1 Å². The van der Waals surface area contributed by atoms with Crippen LogP contribution in [0, 0.1) is 0 Å². The second kappa shape index (κ2) is 8.93. The third-order valence-electron chi connectivity index (χ3n) is 4.83. The first-order valence-corrected chi connectivity index (χ1v) is 9.85. The molecule has 3 aromatic carbocycles. The van der Waals surface area contributed by atoms with Crippen molar-refractivity contribution in [2.24, 2.45) is 0 Å². The summed E-state index contributed by atoms with van der Waals surface area (Å²) in [5, 5.41) is 21.3. The number of carbonyl (C=O) groups is 3. The molecule has 3 N–H and O–H groups in total. The van der Waals surface area contributed by atoms with E-state index in [4.69, 9.17) is 9.84 Å². The number of nitrogens with one attached hydrogen (secondary N) is 1.